The van der Waals surface area contributed by atoms with Crippen LogP contribution in [0.5, 0.6) is 5.75 Å². The van der Waals surface area contributed by atoms with Crippen molar-refractivity contribution in [3.8, 4) is 5.75 Å². The normalized spacial score (nSPS) is 12.0. The lowest BCUT2D eigenvalue weighted by molar-refractivity contribution is -0.117. The summed E-state index contributed by atoms with van der Waals surface area (Å²) in [6.07, 6.45) is 0.142. The second kappa shape index (κ2) is 12.3. The highest BCUT2D eigenvalue weighted by Crippen LogP contribution is 2.22. The molecule has 0 unspecified atom stereocenters. The van der Waals surface area contributed by atoms with E-state index in [4.69, 9.17) is 9.47 Å². The second-order valence-electron chi connectivity index (χ2n) is 8.01. The van der Waals surface area contributed by atoms with E-state index in [1.54, 1.807) is 32.0 Å². The molecule has 0 aromatic heterocycles. The van der Waals surface area contributed by atoms with Crippen molar-refractivity contribution in [1.29, 1.82) is 0 Å². The Labute approximate surface area is 211 Å². The number of benzene rings is 3. The average Bonchev–Trinajstić information content (AvgIpc) is 2.86. The number of anilines is 1. The highest BCUT2D eigenvalue weighted by Gasteiger charge is 2.27. The summed E-state index contributed by atoms with van der Waals surface area (Å²) in [5.74, 6) is -0.397. The molecule has 0 aliphatic carbocycles. The summed E-state index contributed by atoms with van der Waals surface area (Å²) in [6.45, 7) is 6.05. The van der Waals surface area contributed by atoms with E-state index in [0.29, 0.717) is 29.2 Å². The number of nitrogens with one attached hydrogen (secondary N) is 2. The fourth-order valence-electron chi connectivity index (χ4n) is 3.53. The quantitative estimate of drug-likeness (QED) is 0.376. The molecule has 190 valence electrons. The van der Waals surface area contributed by atoms with Crippen molar-refractivity contribution in [2.75, 3.05) is 18.5 Å². The summed E-state index contributed by atoms with van der Waals surface area (Å²) >= 11 is 0. The van der Waals surface area contributed by atoms with Crippen LogP contribution in [0.15, 0.2) is 77.7 Å². The van der Waals surface area contributed by atoms with Crippen LogP contribution in [0.4, 0.5) is 5.69 Å². The first-order valence-corrected chi connectivity index (χ1v) is 13.1. The van der Waals surface area contributed by atoms with Gasteiger partial charge in [-0.3, -0.25) is 4.79 Å². The maximum absolute atomic E-state index is 13.2. The summed E-state index contributed by atoms with van der Waals surface area (Å²) in [6, 6.07) is 18.8. The van der Waals surface area contributed by atoms with E-state index in [1.807, 2.05) is 37.3 Å². The first-order chi connectivity index (χ1) is 17.2. The van der Waals surface area contributed by atoms with Gasteiger partial charge in [-0.25, -0.2) is 13.2 Å². The predicted molar refractivity (Wildman–Crippen MR) is 138 cm³/mol. The molecule has 2 N–H and O–H groups in total. The molecule has 9 heteroatoms. The minimum Gasteiger partial charge on any atom is -0.494 e. The van der Waals surface area contributed by atoms with Crippen LogP contribution in [0.3, 0.4) is 0 Å². The summed E-state index contributed by atoms with van der Waals surface area (Å²) < 4.78 is 39.4. The van der Waals surface area contributed by atoms with Crippen LogP contribution in [-0.2, 0) is 26.0 Å². The molecule has 0 aliphatic heterocycles. The van der Waals surface area contributed by atoms with Crippen molar-refractivity contribution in [3.05, 3.63) is 89.5 Å². The molecule has 3 rings (SSSR count). The largest absolute Gasteiger partial charge is 0.494 e. The predicted octanol–water partition coefficient (Wildman–Crippen LogP) is 4.10. The van der Waals surface area contributed by atoms with Crippen molar-refractivity contribution < 1.29 is 27.5 Å². The van der Waals surface area contributed by atoms with E-state index in [0.717, 1.165) is 5.56 Å². The zero-order valence-corrected chi connectivity index (χ0v) is 21.3. The highest BCUT2D eigenvalue weighted by atomic mass is 32.2. The zero-order chi connectivity index (χ0) is 26.1. The number of aryl methyl sites for hydroxylation is 1. The first-order valence-electron chi connectivity index (χ1n) is 11.6. The Morgan fingerprint density at radius 1 is 0.917 bits per heavy atom. The molecule has 0 saturated carbocycles. The maximum Gasteiger partial charge on any atom is 0.338 e. The van der Waals surface area contributed by atoms with Gasteiger partial charge in [0, 0.05) is 5.69 Å². The van der Waals surface area contributed by atoms with E-state index in [9.17, 15) is 18.0 Å². The van der Waals surface area contributed by atoms with Gasteiger partial charge in [0.1, 0.15) is 11.8 Å². The lowest BCUT2D eigenvalue weighted by Gasteiger charge is -2.19. The number of sulfonamides is 1. The molecular formula is C27H30N2O6S. The molecule has 36 heavy (non-hydrogen) atoms. The molecule has 1 atom stereocenters. The van der Waals surface area contributed by atoms with Crippen molar-refractivity contribution >= 4 is 27.6 Å². The molecular weight excluding hydrogens is 480 g/mol. The van der Waals surface area contributed by atoms with Gasteiger partial charge in [0.05, 0.1) is 23.7 Å². The van der Waals surface area contributed by atoms with Gasteiger partial charge in [-0.1, -0.05) is 30.3 Å². The zero-order valence-electron chi connectivity index (χ0n) is 20.5. The number of carbonyl (C=O) groups excluding carboxylic acids is 2. The number of carbonyl (C=O) groups is 2. The SMILES string of the molecule is CCOC(=O)c1ccc(NC(=O)[C@@H](Cc2ccccc2)NS(=O)(=O)c2ccc(OCC)c(C)c2)cc1. The Morgan fingerprint density at radius 2 is 1.61 bits per heavy atom. The van der Waals surface area contributed by atoms with E-state index < -0.39 is 27.9 Å². The van der Waals surface area contributed by atoms with Gasteiger partial charge in [-0.05, 0) is 80.8 Å². The Morgan fingerprint density at radius 3 is 2.22 bits per heavy atom. The van der Waals surface area contributed by atoms with Crippen LogP contribution < -0.4 is 14.8 Å². The number of hydrogen-bond acceptors (Lipinski definition) is 6. The molecule has 3 aromatic carbocycles. The van der Waals surface area contributed by atoms with Gasteiger partial charge in [-0.2, -0.15) is 4.72 Å². The number of ether oxygens (including phenoxy) is 2. The van der Waals surface area contributed by atoms with Crippen LogP contribution in [0.1, 0.15) is 35.3 Å². The average molecular weight is 511 g/mol. The standard InChI is InChI=1S/C27H30N2O6S/c1-4-34-25-16-15-23(17-19(25)3)36(32,33)29-24(18-20-9-7-6-8-10-20)26(30)28-22-13-11-21(12-14-22)27(31)35-5-2/h6-17,24,29H,4-5,18H2,1-3H3,(H,28,30)/t24-/m1/s1. The van der Waals surface area contributed by atoms with Crippen LogP contribution in [0, 0.1) is 6.92 Å². The third kappa shape index (κ3) is 7.16. The van der Waals surface area contributed by atoms with Crippen LogP contribution in [-0.4, -0.2) is 39.5 Å². The van der Waals surface area contributed by atoms with Crippen LogP contribution >= 0.6 is 0 Å². The summed E-state index contributed by atoms with van der Waals surface area (Å²) in [7, 11) is -4.02. The molecule has 0 spiro atoms. The molecule has 3 aromatic rings. The van der Waals surface area contributed by atoms with Gasteiger partial charge in [0.25, 0.3) is 0 Å². The smallest absolute Gasteiger partial charge is 0.338 e. The van der Waals surface area contributed by atoms with Crippen LogP contribution in [0.25, 0.3) is 0 Å². The third-order valence-electron chi connectivity index (χ3n) is 5.32. The summed E-state index contributed by atoms with van der Waals surface area (Å²) in [5, 5.41) is 2.73. The summed E-state index contributed by atoms with van der Waals surface area (Å²) in [5.41, 5.74) is 2.23. The second-order valence-corrected chi connectivity index (χ2v) is 9.72. The molecule has 0 bridgehead atoms. The van der Waals surface area contributed by atoms with Crippen LogP contribution in [0.2, 0.25) is 0 Å². The summed E-state index contributed by atoms with van der Waals surface area (Å²) in [4.78, 5) is 25.1. The van der Waals surface area contributed by atoms with Gasteiger partial charge < -0.3 is 14.8 Å². The number of amides is 1. The number of hydrogen-bond donors (Lipinski definition) is 2. The Balaban J connectivity index is 1.82. The topological polar surface area (TPSA) is 111 Å². The fraction of sp³-hybridized carbons (Fsp3) is 0.259. The van der Waals surface area contributed by atoms with E-state index >= 15 is 0 Å². The monoisotopic (exact) mass is 510 g/mol. The minimum absolute atomic E-state index is 0.0353. The van der Waals surface area contributed by atoms with Gasteiger partial charge in [0.2, 0.25) is 15.9 Å². The van der Waals surface area contributed by atoms with E-state index in [-0.39, 0.29) is 17.9 Å². The van der Waals surface area contributed by atoms with Gasteiger partial charge >= 0.3 is 5.97 Å². The van der Waals surface area contributed by atoms with Crippen molar-refractivity contribution in [1.82, 2.24) is 4.72 Å². The molecule has 8 nitrogen and oxygen atoms in total. The highest BCUT2D eigenvalue weighted by molar-refractivity contribution is 7.89. The van der Waals surface area contributed by atoms with Crippen molar-refractivity contribution in [3.63, 3.8) is 0 Å². The Hall–Kier alpha value is -3.69. The molecule has 1 amide bonds. The molecule has 0 radical (unpaired) electrons. The molecule has 0 aliphatic rings. The van der Waals surface area contributed by atoms with E-state index in [2.05, 4.69) is 10.0 Å². The Kier molecular flexibility index (Phi) is 9.21. The minimum atomic E-state index is -4.02. The molecule has 0 fully saturated rings. The van der Waals surface area contributed by atoms with E-state index in [1.165, 1.54) is 24.3 Å². The fourth-order valence-corrected chi connectivity index (χ4v) is 4.81. The van der Waals surface area contributed by atoms with Gasteiger partial charge in [0.15, 0.2) is 0 Å². The first kappa shape index (κ1) is 26.9. The van der Waals surface area contributed by atoms with Gasteiger partial charge in [-0.15, -0.1) is 0 Å². The van der Waals surface area contributed by atoms with Crippen molar-refractivity contribution in [2.45, 2.75) is 38.1 Å². The maximum atomic E-state index is 13.2. The lowest BCUT2D eigenvalue weighted by Crippen LogP contribution is -2.45. The molecule has 0 saturated heterocycles. The number of esters is 1. The lowest BCUT2D eigenvalue weighted by atomic mass is 10.1. The molecule has 0 heterocycles. The third-order valence-corrected chi connectivity index (χ3v) is 6.79. The van der Waals surface area contributed by atoms with Crippen molar-refractivity contribution in [2.24, 2.45) is 0 Å². The Bertz CT molecular complexity index is 1290. The number of rotatable bonds is 11.